The lowest BCUT2D eigenvalue weighted by atomic mass is 9.97. The van der Waals surface area contributed by atoms with Gasteiger partial charge in [-0.3, -0.25) is 9.78 Å². The molecule has 1 aromatic heterocycles. The van der Waals surface area contributed by atoms with E-state index in [1.165, 1.54) is 0 Å². The molecule has 0 aliphatic heterocycles. The molecule has 0 aromatic carbocycles. The Bertz CT molecular complexity index is 295. The summed E-state index contributed by atoms with van der Waals surface area (Å²) < 4.78 is 0. The van der Waals surface area contributed by atoms with Crippen molar-refractivity contribution in [2.24, 2.45) is 11.7 Å². The molecule has 1 heterocycles. The number of nitrogens with zero attached hydrogens (tertiary/aromatic N) is 1. The zero-order valence-electron chi connectivity index (χ0n) is 8.60. The molecule has 1 aromatic rings. The molecule has 0 radical (unpaired) electrons. The number of rotatable bonds is 4. The van der Waals surface area contributed by atoms with Crippen molar-refractivity contribution < 1.29 is 4.79 Å². The van der Waals surface area contributed by atoms with E-state index in [-0.39, 0.29) is 5.78 Å². The van der Waals surface area contributed by atoms with Crippen LogP contribution in [0.1, 0.15) is 30.6 Å². The van der Waals surface area contributed by atoms with Crippen molar-refractivity contribution >= 4 is 5.78 Å². The van der Waals surface area contributed by atoms with Crippen LogP contribution < -0.4 is 5.73 Å². The van der Waals surface area contributed by atoms with E-state index in [1.54, 1.807) is 24.5 Å². The Balaban J connectivity index is 2.66. The Morgan fingerprint density at radius 3 is 2.50 bits per heavy atom. The van der Waals surface area contributed by atoms with E-state index in [9.17, 15) is 4.79 Å². The van der Waals surface area contributed by atoms with Gasteiger partial charge in [-0.1, -0.05) is 13.8 Å². The molecule has 0 aliphatic rings. The highest BCUT2D eigenvalue weighted by molar-refractivity contribution is 5.99. The van der Waals surface area contributed by atoms with Crippen molar-refractivity contribution in [2.75, 3.05) is 0 Å². The Kier molecular flexibility index (Phi) is 3.77. The topological polar surface area (TPSA) is 56.0 Å². The summed E-state index contributed by atoms with van der Waals surface area (Å²) in [7, 11) is 0. The van der Waals surface area contributed by atoms with Gasteiger partial charge in [0.15, 0.2) is 5.78 Å². The van der Waals surface area contributed by atoms with Crippen molar-refractivity contribution in [1.29, 1.82) is 0 Å². The van der Waals surface area contributed by atoms with Crippen LogP contribution in [-0.4, -0.2) is 16.8 Å². The number of hydrogen-bond donors (Lipinski definition) is 1. The predicted molar refractivity (Wildman–Crippen MR) is 56.0 cm³/mol. The summed E-state index contributed by atoms with van der Waals surface area (Å²) in [6.45, 7) is 4.11. The first-order valence-electron chi connectivity index (χ1n) is 4.81. The number of carbonyl (C=O) groups is 1. The van der Waals surface area contributed by atoms with Gasteiger partial charge in [0.05, 0.1) is 6.04 Å². The Labute approximate surface area is 84.3 Å². The minimum Gasteiger partial charge on any atom is -0.321 e. The largest absolute Gasteiger partial charge is 0.321 e. The summed E-state index contributed by atoms with van der Waals surface area (Å²) in [5.41, 5.74) is 6.43. The Morgan fingerprint density at radius 1 is 1.43 bits per heavy atom. The lowest BCUT2D eigenvalue weighted by Gasteiger charge is -2.12. The molecule has 3 nitrogen and oxygen atoms in total. The maximum atomic E-state index is 11.7. The van der Waals surface area contributed by atoms with Crippen LogP contribution in [0.4, 0.5) is 0 Å². The zero-order valence-corrected chi connectivity index (χ0v) is 8.60. The van der Waals surface area contributed by atoms with Crippen molar-refractivity contribution in [1.82, 2.24) is 4.98 Å². The van der Waals surface area contributed by atoms with Crippen molar-refractivity contribution in [3.05, 3.63) is 30.1 Å². The van der Waals surface area contributed by atoms with E-state index >= 15 is 0 Å². The molecule has 0 bridgehead atoms. The van der Waals surface area contributed by atoms with Crippen LogP contribution in [0.3, 0.4) is 0 Å². The molecule has 0 saturated carbocycles. The first kappa shape index (κ1) is 10.9. The van der Waals surface area contributed by atoms with Gasteiger partial charge in [0.1, 0.15) is 0 Å². The van der Waals surface area contributed by atoms with Gasteiger partial charge in [-0.25, -0.2) is 0 Å². The van der Waals surface area contributed by atoms with Gasteiger partial charge in [0.25, 0.3) is 0 Å². The van der Waals surface area contributed by atoms with Crippen LogP contribution >= 0.6 is 0 Å². The minimum atomic E-state index is -0.391. The zero-order chi connectivity index (χ0) is 10.6. The van der Waals surface area contributed by atoms with E-state index in [4.69, 9.17) is 5.73 Å². The molecule has 1 atom stereocenters. The number of Topliss-reactive ketones (excluding diaryl/α,β-unsaturated/α-hetero) is 1. The van der Waals surface area contributed by atoms with Gasteiger partial charge in [0, 0.05) is 18.0 Å². The molecule has 0 amide bonds. The van der Waals surface area contributed by atoms with E-state index in [0.717, 1.165) is 6.42 Å². The second kappa shape index (κ2) is 4.86. The average Bonchev–Trinajstić information content (AvgIpc) is 2.17. The number of ketones is 1. The number of aromatic nitrogens is 1. The van der Waals surface area contributed by atoms with Gasteiger partial charge in [0.2, 0.25) is 0 Å². The molecule has 2 N–H and O–H groups in total. The smallest absolute Gasteiger partial charge is 0.179 e. The van der Waals surface area contributed by atoms with Crippen LogP contribution in [0.25, 0.3) is 0 Å². The molecule has 0 aliphatic carbocycles. The number of carbonyl (C=O) groups excluding carboxylic acids is 1. The van der Waals surface area contributed by atoms with Gasteiger partial charge in [-0.15, -0.1) is 0 Å². The molecule has 0 spiro atoms. The summed E-state index contributed by atoms with van der Waals surface area (Å²) in [6, 6.07) is 3.00. The number of nitrogens with two attached hydrogens (primary N) is 1. The van der Waals surface area contributed by atoms with Gasteiger partial charge in [-0.2, -0.15) is 0 Å². The standard InChI is InChI=1S/C11H16N2O/c1-8(2)7-10(12)11(14)9-3-5-13-6-4-9/h3-6,8,10H,7,12H2,1-2H3. The third-order valence-electron chi connectivity index (χ3n) is 2.03. The first-order valence-corrected chi connectivity index (χ1v) is 4.81. The van der Waals surface area contributed by atoms with Crippen LogP contribution in [0.2, 0.25) is 0 Å². The second-order valence-electron chi connectivity index (χ2n) is 3.84. The molecular weight excluding hydrogens is 176 g/mol. The predicted octanol–water partition coefficient (Wildman–Crippen LogP) is 1.64. The molecule has 76 valence electrons. The molecule has 3 heteroatoms. The van der Waals surface area contributed by atoms with Crippen LogP contribution in [0, 0.1) is 5.92 Å². The summed E-state index contributed by atoms with van der Waals surface area (Å²) in [5.74, 6) is 0.442. The molecule has 0 fully saturated rings. The van der Waals surface area contributed by atoms with Crippen molar-refractivity contribution in [3.63, 3.8) is 0 Å². The van der Waals surface area contributed by atoms with Crippen LogP contribution in [0.15, 0.2) is 24.5 Å². The third-order valence-corrected chi connectivity index (χ3v) is 2.03. The van der Waals surface area contributed by atoms with Crippen LogP contribution in [0.5, 0.6) is 0 Å². The fourth-order valence-corrected chi connectivity index (χ4v) is 1.35. The summed E-state index contributed by atoms with van der Waals surface area (Å²) >= 11 is 0. The third kappa shape index (κ3) is 2.92. The van der Waals surface area contributed by atoms with E-state index in [0.29, 0.717) is 11.5 Å². The number of pyridine rings is 1. The van der Waals surface area contributed by atoms with Crippen molar-refractivity contribution in [3.8, 4) is 0 Å². The quantitative estimate of drug-likeness (QED) is 0.738. The molecular formula is C11H16N2O. The monoisotopic (exact) mass is 192 g/mol. The summed E-state index contributed by atoms with van der Waals surface area (Å²) in [5, 5.41) is 0. The average molecular weight is 192 g/mol. The van der Waals surface area contributed by atoms with E-state index in [2.05, 4.69) is 18.8 Å². The lowest BCUT2D eigenvalue weighted by molar-refractivity contribution is 0.0951. The molecule has 1 unspecified atom stereocenters. The first-order chi connectivity index (χ1) is 6.61. The second-order valence-corrected chi connectivity index (χ2v) is 3.84. The van der Waals surface area contributed by atoms with Gasteiger partial charge < -0.3 is 5.73 Å². The maximum absolute atomic E-state index is 11.7. The molecule has 14 heavy (non-hydrogen) atoms. The fraction of sp³-hybridized carbons (Fsp3) is 0.455. The minimum absolute atomic E-state index is 0.00102. The maximum Gasteiger partial charge on any atom is 0.179 e. The Morgan fingerprint density at radius 2 is 2.00 bits per heavy atom. The van der Waals surface area contributed by atoms with E-state index in [1.807, 2.05) is 0 Å². The Hall–Kier alpha value is -1.22. The van der Waals surface area contributed by atoms with Crippen LogP contribution in [-0.2, 0) is 0 Å². The normalized spacial score (nSPS) is 12.9. The molecule has 0 saturated heterocycles. The number of hydrogen-bond acceptors (Lipinski definition) is 3. The van der Waals surface area contributed by atoms with Gasteiger partial charge >= 0.3 is 0 Å². The molecule has 1 rings (SSSR count). The van der Waals surface area contributed by atoms with Gasteiger partial charge in [-0.05, 0) is 24.5 Å². The summed E-state index contributed by atoms with van der Waals surface area (Å²) in [6.07, 6.45) is 3.94. The van der Waals surface area contributed by atoms with Crippen molar-refractivity contribution in [2.45, 2.75) is 26.3 Å². The van der Waals surface area contributed by atoms with E-state index < -0.39 is 6.04 Å². The highest BCUT2D eigenvalue weighted by Crippen LogP contribution is 2.08. The lowest BCUT2D eigenvalue weighted by Crippen LogP contribution is -2.31. The highest BCUT2D eigenvalue weighted by atomic mass is 16.1. The SMILES string of the molecule is CC(C)CC(N)C(=O)c1ccncc1. The fourth-order valence-electron chi connectivity index (χ4n) is 1.35. The highest BCUT2D eigenvalue weighted by Gasteiger charge is 2.16. The summed E-state index contributed by atoms with van der Waals surface area (Å²) in [4.78, 5) is 15.6.